The van der Waals surface area contributed by atoms with Crippen molar-refractivity contribution in [2.24, 2.45) is 7.05 Å². The molecule has 0 aliphatic rings. The van der Waals surface area contributed by atoms with Gasteiger partial charge in [-0.1, -0.05) is 12.1 Å². The van der Waals surface area contributed by atoms with Gasteiger partial charge >= 0.3 is 11.7 Å². The summed E-state index contributed by atoms with van der Waals surface area (Å²) < 4.78 is 31.7. The monoisotopic (exact) mass is 405 g/mol. The Morgan fingerprint density at radius 3 is 2.52 bits per heavy atom. The molecule has 0 saturated heterocycles. The van der Waals surface area contributed by atoms with Crippen LogP contribution in [0.1, 0.15) is 11.4 Å². The summed E-state index contributed by atoms with van der Waals surface area (Å²) in [6.45, 7) is -0.641. The zero-order valence-electron chi connectivity index (χ0n) is 16.3. The number of alkyl halides is 2. The van der Waals surface area contributed by atoms with E-state index in [0.29, 0.717) is 29.9 Å². The molecule has 8 nitrogen and oxygen atoms in total. The van der Waals surface area contributed by atoms with Gasteiger partial charge in [-0.3, -0.25) is 4.57 Å². The summed E-state index contributed by atoms with van der Waals surface area (Å²) in [5.41, 5.74) is 1.20. The number of ether oxygens (including phenoxy) is 1. The fraction of sp³-hybridized carbons (Fsp3) is 0.368. The van der Waals surface area contributed by atoms with Crippen molar-refractivity contribution in [3.05, 3.63) is 52.3 Å². The Bertz CT molecular complexity index is 1070. The molecule has 0 aliphatic heterocycles. The van der Waals surface area contributed by atoms with E-state index in [4.69, 9.17) is 4.74 Å². The molecular formula is C19H21F2N5O3. The minimum Gasteiger partial charge on any atom is -0.488 e. The number of hydrogen-bond donors (Lipinski definition) is 0. The zero-order chi connectivity index (χ0) is 21.1. The lowest BCUT2D eigenvalue weighted by molar-refractivity contribution is 0.0819. The van der Waals surface area contributed by atoms with Crippen LogP contribution in [-0.4, -0.2) is 57.2 Å². The molecule has 29 heavy (non-hydrogen) atoms. The molecule has 1 aromatic carbocycles. The summed E-state index contributed by atoms with van der Waals surface area (Å²) in [5, 5.41) is 0. The first-order valence-electron chi connectivity index (χ1n) is 8.93. The second-order valence-electron chi connectivity index (χ2n) is 6.70. The lowest BCUT2D eigenvalue weighted by Crippen LogP contribution is -2.35. The topological polar surface area (TPSA) is 82.2 Å². The van der Waals surface area contributed by atoms with Crippen LogP contribution < -0.4 is 10.4 Å². The van der Waals surface area contributed by atoms with E-state index in [1.54, 1.807) is 45.4 Å². The van der Waals surface area contributed by atoms with Gasteiger partial charge in [-0.25, -0.2) is 28.3 Å². The molecule has 0 unspecified atom stereocenters. The van der Waals surface area contributed by atoms with Gasteiger partial charge in [0.25, 0.3) is 6.43 Å². The van der Waals surface area contributed by atoms with Crippen molar-refractivity contribution in [1.29, 1.82) is 0 Å². The third kappa shape index (κ3) is 4.41. The number of halogens is 2. The molecule has 3 aromatic rings. The predicted molar refractivity (Wildman–Crippen MR) is 103 cm³/mol. The fourth-order valence-corrected chi connectivity index (χ4v) is 2.81. The van der Waals surface area contributed by atoms with Crippen LogP contribution in [-0.2, 0) is 19.9 Å². The number of carbonyl (C=O) groups excluding carboxylic acids is 1. The first kappa shape index (κ1) is 20.4. The summed E-state index contributed by atoms with van der Waals surface area (Å²) in [5.74, 6) is 0.864. The summed E-state index contributed by atoms with van der Waals surface area (Å²) in [6.07, 6.45) is 0.0856. The molecule has 0 bridgehead atoms. The molecule has 0 fully saturated rings. The molecule has 0 radical (unpaired) electrons. The summed E-state index contributed by atoms with van der Waals surface area (Å²) in [7, 11) is 4.68. The van der Waals surface area contributed by atoms with Crippen molar-refractivity contribution >= 4 is 17.2 Å². The van der Waals surface area contributed by atoms with Crippen molar-refractivity contribution in [1.82, 2.24) is 24.0 Å². The molecule has 154 valence electrons. The van der Waals surface area contributed by atoms with Crippen LogP contribution in [0.15, 0.2) is 35.3 Å². The SMILES string of the molecule is CN(C)C(=O)n1c(=O)n(C)c2cnc(CCc3ccc(OCC(F)F)cc3)nc21. The first-order valence-corrected chi connectivity index (χ1v) is 8.93. The second-order valence-corrected chi connectivity index (χ2v) is 6.70. The standard InChI is InChI=1S/C19H21F2N5O3/c1-24(2)18(27)26-17-14(25(3)19(26)28)10-22-16(23-17)9-6-12-4-7-13(8-5-12)29-11-15(20)21/h4-5,7-8,10,15H,6,9,11H2,1-3H3. The van der Waals surface area contributed by atoms with Crippen molar-refractivity contribution in [3.8, 4) is 5.75 Å². The number of aryl methyl sites for hydroxylation is 3. The van der Waals surface area contributed by atoms with E-state index in [2.05, 4.69) is 9.97 Å². The van der Waals surface area contributed by atoms with E-state index in [0.717, 1.165) is 10.1 Å². The van der Waals surface area contributed by atoms with Gasteiger partial charge in [-0.15, -0.1) is 0 Å². The molecule has 2 heterocycles. The van der Waals surface area contributed by atoms with Gasteiger partial charge in [-0.2, -0.15) is 4.57 Å². The lowest BCUT2D eigenvalue weighted by atomic mass is 10.1. The quantitative estimate of drug-likeness (QED) is 0.627. The van der Waals surface area contributed by atoms with E-state index in [1.165, 1.54) is 15.7 Å². The molecular weight excluding hydrogens is 384 g/mol. The highest BCUT2D eigenvalue weighted by Crippen LogP contribution is 2.15. The number of fused-ring (bicyclic) bond motifs is 1. The molecule has 3 rings (SSSR count). The van der Waals surface area contributed by atoms with Crippen molar-refractivity contribution < 1.29 is 18.3 Å². The highest BCUT2D eigenvalue weighted by Gasteiger charge is 2.20. The number of benzene rings is 1. The number of rotatable bonds is 6. The fourth-order valence-electron chi connectivity index (χ4n) is 2.81. The summed E-state index contributed by atoms with van der Waals surface area (Å²) >= 11 is 0. The summed E-state index contributed by atoms with van der Waals surface area (Å²) in [4.78, 5) is 34.8. The van der Waals surface area contributed by atoms with Gasteiger partial charge in [0.15, 0.2) is 5.65 Å². The second kappa shape index (κ2) is 8.38. The van der Waals surface area contributed by atoms with Crippen LogP contribution in [0.5, 0.6) is 5.75 Å². The third-order valence-electron chi connectivity index (χ3n) is 4.36. The Morgan fingerprint density at radius 2 is 1.90 bits per heavy atom. The Balaban J connectivity index is 1.78. The van der Waals surface area contributed by atoms with Crippen LogP contribution in [0.2, 0.25) is 0 Å². The van der Waals surface area contributed by atoms with Crippen LogP contribution >= 0.6 is 0 Å². The summed E-state index contributed by atoms with van der Waals surface area (Å²) in [6, 6.07) is 6.35. The Hall–Kier alpha value is -3.30. The van der Waals surface area contributed by atoms with Gasteiger partial charge in [0, 0.05) is 27.6 Å². The van der Waals surface area contributed by atoms with Gasteiger partial charge in [0.05, 0.1) is 6.20 Å². The van der Waals surface area contributed by atoms with Gasteiger partial charge < -0.3 is 9.64 Å². The minimum atomic E-state index is -2.52. The number of amides is 1. The first-order chi connectivity index (χ1) is 13.8. The maximum absolute atomic E-state index is 12.4. The van der Waals surface area contributed by atoms with Crippen LogP contribution in [0.25, 0.3) is 11.2 Å². The average Bonchev–Trinajstić information content (AvgIpc) is 2.94. The number of nitrogens with zero attached hydrogens (tertiary/aromatic N) is 5. The minimum absolute atomic E-state index is 0.261. The molecule has 0 saturated carbocycles. The van der Waals surface area contributed by atoms with Crippen molar-refractivity contribution in [2.75, 3.05) is 20.7 Å². The number of hydrogen-bond acceptors (Lipinski definition) is 5. The van der Waals surface area contributed by atoms with E-state index in [-0.39, 0.29) is 5.65 Å². The smallest absolute Gasteiger partial charge is 0.338 e. The van der Waals surface area contributed by atoms with E-state index in [9.17, 15) is 18.4 Å². The van der Waals surface area contributed by atoms with E-state index < -0.39 is 24.8 Å². The van der Waals surface area contributed by atoms with Crippen molar-refractivity contribution in [3.63, 3.8) is 0 Å². The third-order valence-corrected chi connectivity index (χ3v) is 4.36. The molecule has 2 aromatic heterocycles. The largest absolute Gasteiger partial charge is 0.488 e. The zero-order valence-corrected chi connectivity index (χ0v) is 16.3. The Morgan fingerprint density at radius 1 is 1.21 bits per heavy atom. The average molecular weight is 405 g/mol. The molecule has 0 atom stereocenters. The molecule has 0 aliphatic carbocycles. The number of aromatic nitrogens is 4. The Kier molecular flexibility index (Phi) is 5.90. The molecule has 0 spiro atoms. The van der Waals surface area contributed by atoms with Gasteiger partial charge in [0.2, 0.25) is 0 Å². The van der Waals surface area contributed by atoms with E-state index in [1.807, 2.05) is 0 Å². The number of imidazole rings is 1. The lowest BCUT2D eigenvalue weighted by Gasteiger charge is -2.10. The van der Waals surface area contributed by atoms with Crippen molar-refractivity contribution in [2.45, 2.75) is 19.3 Å². The van der Waals surface area contributed by atoms with Gasteiger partial charge in [0.1, 0.15) is 23.7 Å². The Labute approximate surface area is 165 Å². The van der Waals surface area contributed by atoms with Crippen LogP contribution in [0, 0.1) is 0 Å². The van der Waals surface area contributed by atoms with E-state index >= 15 is 0 Å². The molecule has 0 N–H and O–H groups in total. The van der Waals surface area contributed by atoms with Crippen LogP contribution in [0.4, 0.5) is 13.6 Å². The highest BCUT2D eigenvalue weighted by atomic mass is 19.3. The maximum atomic E-state index is 12.4. The highest BCUT2D eigenvalue weighted by molar-refractivity contribution is 5.86. The molecule has 1 amide bonds. The predicted octanol–water partition coefficient (Wildman–Crippen LogP) is 2.09. The maximum Gasteiger partial charge on any atom is 0.338 e. The molecule has 10 heteroatoms. The van der Waals surface area contributed by atoms with Gasteiger partial charge in [-0.05, 0) is 24.1 Å². The normalized spacial score (nSPS) is 11.2. The number of carbonyl (C=O) groups is 1. The van der Waals surface area contributed by atoms with Crippen LogP contribution in [0.3, 0.4) is 0 Å².